The fourth-order valence-electron chi connectivity index (χ4n) is 2.91. The molecule has 0 aliphatic carbocycles. The van der Waals surface area contributed by atoms with Crippen molar-refractivity contribution in [1.29, 1.82) is 0 Å². The first-order chi connectivity index (χ1) is 10.2. The maximum Gasteiger partial charge on any atom is 0.282 e. The summed E-state index contributed by atoms with van der Waals surface area (Å²) in [4.78, 5) is 13.5. The number of nitrogens with two attached hydrogens (primary N) is 1. The number of carbonyl (C=O) groups excluding carboxylic acids is 1. The molecule has 2 aliphatic rings. The number of halogens is 1. The lowest BCUT2D eigenvalue weighted by molar-refractivity contribution is -0.133. The van der Waals surface area contributed by atoms with E-state index in [9.17, 15) is 13.2 Å². The van der Waals surface area contributed by atoms with Crippen LogP contribution < -0.4 is 5.73 Å². The third-order valence-electron chi connectivity index (χ3n) is 3.98. The molecule has 2 unspecified atom stereocenters. The molecule has 23 heavy (non-hydrogen) atoms. The summed E-state index contributed by atoms with van der Waals surface area (Å²) in [6.07, 6.45) is -0.223. The monoisotopic (exact) mass is 370 g/mol. The van der Waals surface area contributed by atoms with Crippen LogP contribution in [0.15, 0.2) is 0 Å². The van der Waals surface area contributed by atoms with Gasteiger partial charge in [-0.25, -0.2) is 0 Å². The molecular formula is C13H27ClN4O4S. The van der Waals surface area contributed by atoms with Crippen molar-refractivity contribution in [3.8, 4) is 0 Å². The lowest BCUT2D eigenvalue weighted by Crippen LogP contribution is -2.58. The van der Waals surface area contributed by atoms with Crippen LogP contribution in [-0.2, 0) is 19.7 Å². The van der Waals surface area contributed by atoms with Gasteiger partial charge in [-0.05, 0) is 20.8 Å². The second-order valence-corrected chi connectivity index (χ2v) is 8.02. The lowest BCUT2D eigenvalue weighted by atomic mass is 10.2. The quantitative estimate of drug-likeness (QED) is 0.705. The van der Waals surface area contributed by atoms with Crippen LogP contribution in [0.5, 0.6) is 0 Å². The van der Waals surface area contributed by atoms with Gasteiger partial charge in [-0.1, -0.05) is 0 Å². The Hall–Kier alpha value is -0.450. The molecule has 8 nitrogen and oxygen atoms in total. The minimum atomic E-state index is -3.50. The maximum absolute atomic E-state index is 12.7. The van der Waals surface area contributed by atoms with E-state index in [4.69, 9.17) is 10.5 Å². The van der Waals surface area contributed by atoms with Gasteiger partial charge in [0.15, 0.2) is 0 Å². The van der Waals surface area contributed by atoms with Gasteiger partial charge in [0.25, 0.3) is 10.2 Å². The van der Waals surface area contributed by atoms with Gasteiger partial charge in [-0.2, -0.15) is 17.0 Å². The third kappa shape index (κ3) is 4.77. The molecule has 0 spiro atoms. The summed E-state index contributed by atoms with van der Waals surface area (Å²) in [6.45, 7) is 7.50. The highest BCUT2D eigenvalue weighted by Gasteiger charge is 2.37. The third-order valence-corrected chi connectivity index (χ3v) is 5.95. The van der Waals surface area contributed by atoms with Crippen LogP contribution in [0.2, 0.25) is 0 Å². The first-order valence-corrected chi connectivity index (χ1v) is 9.06. The number of piperazine rings is 1. The van der Waals surface area contributed by atoms with Crippen LogP contribution in [-0.4, -0.2) is 85.4 Å². The van der Waals surface area contributed by atoms with Crippen LogP contribution in [0, 0.1) is 0 Å². The van der Waals surface area contributed by atoms with Gasteiger partial charge >= 0.3 is 0 Å². The number of nitrogens with zero attached hydrogens (tertiary/aromatic N) is 3. The van der Waals surface area contributed by atoms with E-state index >= 15 is 0 Å². The molecule has 1 amide bonds. The largest absolute Gasteiger partial charge is 0.373 e. The van der Waals surface area contributed by atoms with E-state index in [0.717, 1.165) is 0 Å². The number of ether oxygens (including phenoxy) is 1. The average molecular weight is 371 g/mol. The number of rotatable bonds is 3. The van der Waals surface area contributed by atoms with E-state index in [2.05, 4.69) is 0 Å². The topological polar surface area (TPSA) is 96.2 Å². The Kier molecular flexibility index (Phi) is 7.24. The highest BCUT2D eigenvalue weighted by atomic mass is 35.5. The highest BCUT2D eigenvalue weighted by Crippen LogP contribution is 2.19. The Morgan fingerprint density at radius 3 is 2.00 bits per heavy atom. The fourth-order valence-corrected chi connectivity index (χ4v) is 4.66. The molecule has 0 aromatic carbocycles. The minimum Gasteiger partial charge on any atom is -0.373 e. The summed E-state index contributed by atoms with van der Waals surface area (Å²) in [6, 6.07) is -0.552. The van der Waals surface area contributed by atoms with E-state index < -0.39 is 16.3 Å². The molecule has 2 heterocycles. The van der Waals surface area contributed by atoms with Crippen molar-refractivity contribution in [2.24, 2.45) is 5.73 Å². The molecule has 10 heteroatoms. The number of hydrogen-bond acceptors (Lipinski definition) is 5. The Bertz CT molecular complexity index is 498. The standard InChI is InChI=1S/C13H26N4O4S.ClH/c1-10-8-17(9-11(2)21-10)22(19,20)16-6-4-15(5-7-16)13(18)12(3)14;/h10-12H,4-9,14H2,1-3H3;1H/t10?,11?,12-;/m1./s1. The molecule has 2 fully saturated rings. The molecule has 2 rings (SSSR count). The van der Waals surface area contributed by atoms with Crippen LogP contribution >= 0.6 is 12.4 Å². The molecular weight excluding hydrogens is 344 g/mol. The normalized spacial score (nSPS) is 29.0. The molecule has 3 atom stereocenters. The molecule has 2 aliphatic heterocycles. The predicted molar refractivity (Wildman–Crippen MR) is 89.6 cm³/mol. The van der Waals surface area contributed by atoms with E-state index in [1.54, 1.807) is 11.8 Å². The molecule has 2 saturated heterocycles. The van der Waals surface area contributed by atoms with Crippen LogP contribution in [0.25, 0.3) is 0 Å². The minimum absolute atomic E-state index is 0. The van der Waals surface area contributed by atoms with Crippen molar-refractivity contribution < 1.29 is 17.9 Å². The molecule has 0 aromatic heterocycles. The highest BCUT2D eigenvalue weighted by molar-refractivity contribution is 7.86. The van der Waals surface area contributed by atoms with E-state index in [-0.39, 0.29) is 30.5 Å². The zero-order valence-corrected chi connectivity index (χ0v) is 15.5. The number of amides is 1. The number of hydrogen-bond donors (Lipinski definition) is 1. The Balaban J connectivity index is 0.00000264. The predicted octanol–water partition coefficient (Wildman–Crippen LogP) is -0.746. The molecule has 0 saturated carbocycles. The van der Waals surface area contributed by atoms with Crippen LogP contribution in [0.1, 0.15) is 20.8 Å². The van der Waals surface area contributed by atoms with Gasteiger partial charge in [0, 0.05) is 39.3 Å². The van der Waals surface area contributed by atoms with Gasteiger partial charge in [-0.3, -0.25) is 4.79 Å². The molecule has 2 N–H and O–H groups in total. The molecule has 136 valence electrons. The summed E-state index contributed by atoms with van der Waals surface area (Å²) >= 11 is 0. The summed E-state index contributed by atoms with van der Waals surface area (Å²) < 4.78 is 33.9. The Morgan fingerprint density at radius 2 is 1.57 bits per heavy atom. The fraction of sp³-hybridized carbons (Fsp3) is 0.923. The van der Waals surface area contributed by atoms with Crippen molar-refractivity contribution >= 4 is 28.5 Å². The van der Waals surface area contributed by atoms with Gasteiger partial charge in [0.2, 0.25) is 5.91 Å². The van der Waals surface area contributed by atoms with Crippen molar-refractivity contribution in [1.82, 2.24) is 13.5 Å². The Morgan fingerprint density at radius 1 is 1.09 bits per heavy atom. The SMILES string of the molecule is CC1CN(S(=O)(=O)N2CCN(C(=O)[C@@H](C)N)CC2)CC(C)O1.Cl. The molecule has 0 aromatic rings. The van der Waals surface area contributed by atoms with Crippen molar-refractivity contribution in [3.63, 3.8) is 0 Å². The second kappa shape index (κ2) is 8.09. The van der Waals surface area contributed by atoms with E-state index in [0.29, 0.717) is 39.3 Å². The summed E-state index contributed by atoms with van der Waals surface area (Å²) in [5.41, 5.74) is 5.59. The maximum atomic E-state index is 12.7. The Labute approximate surface area is 144 Å². The van der Waals surface area contributed by atoms with Gasteiger partial charge in [0.1, 0.15) is 0 Å². The first kappa shape index (κ1) is 20.6. The van der Waals surface area contributed by atoms with Gasteiger partial charge < -0.3 is 15.4 Å². The first-order valence-electron chi connectivity index (χ1n) is 7.67. The van der Waals surface area contributed by atoms with Crippen molar-refractivity contribution in [3.05, 3.63) is 0 Å². The zero-order chi connectivity index (χ0) is 16.5. The zero-order valence-electron chi connectivity index (χ0n) is 13.8. The van der Waals surface area contributed by atoms with E-state index in [1.807, 2.05) is 13.8 Å². The average Bonchev–Trinajstić information content (AvgIpc) is 2.45. The number of morpholine rings is 1. The number of carbonyl (C=O) groups is 1. The summed E-state index contributed by atoms with van der Waals surface area (Å²) in [7, 11) is -3.50. The second-order valence-electron chi connectivity index (χ2n) is 6.10. The molecule has 0 radical (unpaired) electrons. The summed E-state index contributed by atoms with van der Waals surface area (Å²) in [5.74, 6) is -0.134. The smallest absolute Gasteiger partial charge is 0.282 e. The van der Waals surface area contributed by atoms with Crippen LogP contribution in [0.3, 0.4) is 0 Å². The van der Waals surface area contributed by atoms with Crippen molar-refractivity contribution in [2.45, 2.75) is 39.0 Å². The van der Waals surface area contributed by atoms with E-state index in [1.165, 1.54) is 8.61 Å². The van der Waals surface area contributed by atoms with Gasteiger partial charge in [-0.15, -0.1) is 12.4 Å². The van der Waals surface area contributed by atoms with Gasteiger partial charge in [0.05, 0.1) is 18.2 Å². The molecule has 0 bridgehead atoms. The van der Waals surface area contributed by atoms with Crippen molar-refractivity contribution in [2.75, 3.05) is 39.3 Å². The lowest BCUT2D eigenvalue weighted by Gasteiger charge is -2.40. The van der Waals surface area contributed by atoms with Crippen LogP contribution in [0.4, 0.5) is 0 Å². The summed E-state index contributed by atoms with van der Waals surface area (Å²) in [5, 5.41) is 0.